The van der Waals surface area contributed by atoms with Crippen molar-refractivity contribution in [3.8, 4) is 0 Å². The van der Waals surface area contributed by atoms with E-state index in [1.807, 2.05) is 19.1 Å². The molecule has 1 aliphatic rings. The van der Waals surface area contributed by atoms with E-state index in [4.69, 9.17) is 0 Å². The van der Waals surface area contributed by atoms with Crippen molar-refractivity contribution >= 4 is 30.7 Å². The molecule has 0 aliphatic carbocycles. The van der Waals surface area contributed by atoms with Crippen molar-refractivity contribution in [2.75, 3.05) is 39.3 Å². The van der Waals surface area contributed by atoms with Gasteiger partial charge in [-0.3, -0.25) is 9.78 Å². The Bertz CT molecular complexity index is 413. The van der Waals surface area contributed by atoms with Gasteiger partial charge in [0.05, 0.1) is 5.92 Å². The standard InChI is InChI=1S/C15H24N4O.2ClH/c1-13(14-4-2-5-17-12-14)15(20)18-6-3-9-19-10-7-16-8-11-19;;/h2,4-5,12-13,16H,3,6-11H2,1H3,(H,18,20);2*1H. The summed E-state index contributed by atoms with van der Waals surface area (Å²) in [5.74, 6) is -0.0544. The molecule has 1 unspecified atom stereocenters. The van der Waals surface area contributed by atoms with E-state index in [1.165, 1.54) is 0 Å². The summed E-state index contributed by atoms with van der Waals surface area (Å²) in [6, 6.07) is 3.81. The van der Waals surface area contributed by atoms with Gasteiger partial charge in [0.25, 0.3) is 0 Å². The Kier molecular flexibility index (Phi) is 11.2. The minimum Gasteiger partial charge on any atom is -0.356 e. The van der Waals surface area contributed by atoms with Crippen LogP contribution in [0.25, 0.3) is 0 Å². The summed E-state index contributed by atoms with van der Waals surface area (Å²) in [4.78, 5) is 18.5. The molecule has 1 atom stereocenters. The molecule has 0 bridgehead atoms. The molecule has 5 nitrogen and oxygen atoms in total. The molecule has 2 heterocycles. The summed E-state index contributed by atoms with van der Waals surface area (Å²) in [5, 5.41) is 6.35. The van der Waals surface area contributed by atoms with Crippen LogP contribution in [0.1, 0.15) is 24.8 Å². The largest absolute Gasteiger partial charge is 0.356 e. The van der Waals surface area contributed by atoms with Crippen LogP contribution < -0.4 is 10.6 Å². The van der Waals surface area contributed by atoms with Crippen LogP contribution in [0.3, 0.4) is 0 Å². The first-order chi connectivity index (χ1) is 9.77. The van der Waals surface area contributed by atoms with Gasteiger partial charge in [-0.05, 0) is 31.5 Å². The van der Waals surface area contributed by atoms with Crippen molar-refractivity contribution in [1.82, 2.24) is 20.5 Å². The fourth-order valence-corrected chi connectivity index (χ4v) is 2.39. The molecule has 1 aliphatic heterocycles. The minimum atomic E-state index is -0.136. The van der Waals surface area contributed by atoms with Crippen LogP contribution in [-0.2, 0) is 4.79 Å². The second kappa shape index (κ2) is 11.7. The summed E-state index contributed by atoms with van der Waals surface area (Å²) < 4.78 is 0. The number of hydrogen-bond donors (Lipinski definition) is 2. The summed E-state index contributed by atoms with van der Waals surface area (Å²) in [6.07, 6.45) is 4.48. The average molecular weight is 349 g/mol. The van der Waals surface area contributed by atoms with E-state index in [2.05, 4.69) is 20.5 Å². The number of pyridine rings is 1. The normalized spacial score (nSPS) is 16.0. The number of carbonyl (C=O) groups excluding carboxylic acids is 1. The first-order valence-electron chi connectivity index (χ1n) is 7.38. The van der Waals surface area contributed by atoms with Crippen LogP contribution in [0.15, 0.2) is 24.5 Å². The highest BCUT2D eigenvalue weighted by atomic mass is 35.5. The molecule has 126 valence electrons. The Hall–Kier alpha value is -0.880. The number of carbonyl (C=O) groups is 1. The molecule has 1 saturated heterocycles. The van der Waals surface area contributed by atoms with Gasteiger partial charge in [-0.15, -0.1) is 24.8 Å². The number of piperazine rings is 1. The molecule has 0 radical (unpaired) electrons. The van der Waals surface area contributed by atoms with E-state index in [-0.39, 0.29) is 36.6 Å². The molecule has 1 amide bonds. The Morgan fingerprint density at radius 2 is 2.14 bits per heavy atom. The quantitative estimate of drug-likeness (QED) is 0.763. The molecule has 0 aromatic carbocycles. The Morgan fingerprint density at radius 1 is 1.41 bits per heavy atom. The average Bonchev–Trinajstić information content (AvgIpc) is 2.52. The van der Waals surface area contributed by atoms with Gasteiger partial charge >= 0.3 is 0 Å². The van der Waals surface area contributed by atoms with E-state index in [0.29, 0.717) is 0 Å². The molecule has 2 rings (SSSR count). The zero-order valence-electron chi connectivity index (χ0n) is 13.0. The van der Waals surface area contributed by atoms with Crippen LogP contribution in [0.4, 0.5) is 0 Å². The lowest BCUT2D eigenvalue weighted by Gasteiger charge is -2.27. The lowest BCUT2D eigenvalue weighted by Crippen LogP contribution is -2.44. The smallest absolute Gasteiger partial charge is 0.227 e. The lowest BCUT2D eigenvalue weighted by atomic mass is 10.0. The third-order valence-electron chi connectivity index (χ3n) is 3.74. The monoisotopic (exact) mass is 348 g/mol. The molecule has 0 saturated carbocycles. The maximum atomic E-state index is 12.0. The van der Waals surface area contributed by atoms with Gasteiger partial charge in [-0.2, -0.15) is 0 Å². The fourth-order valence-electron chi connectivity index (χ4n) is 2.39. The maximum absolute atomic E-state index is 12.0. The van der Waals surface area contributed by atoms with Crippen molar-refractivity contribution in [3.05, 3.63) is 30.1 Å². The molecule has 2 N–H and O–H groups in total. The molecule has 22 heavy (non-hydrogen) atoms. The van der Waals surface area contributed by atoms with Crippen molar-refractivity contribution in [2.45, 2.75) is 19.3 Å². The predicted molar refractivity (Wildman–Crippen MR) is 94.1 cm³/mol. The van der Waals surface area contributed by atoms with E-state index in [0.717, 1.165) is 51.3 Å². The number of nitrogens with one attached hydrogen (secondary N) is 2. The topological polar surface area (TPSA) is 57.3 Å². The highest BCUT2D eigenvalue weighted by Gasteiger charge is 2.14. The van der Waals surface area contributed by atoms with Crippen LogP contribution in [0.2, 0.25) is 0 Å². The lowest BCUT2D eigenvalue weighted by molar-refractivity contribution is -0.122. The zero-order valence-corrected chi connectivity index (χ0v) is 14.6. The number of hydrogen-bond acceptors (Lipinski definition) is 4. The van der Waals surface area contributed by atoms with Crippen LogP contribution in [0, 0.1) is 0 Å². The van der Waals surface area contributed by atoms with Gasteiger partial charge in [-0.1, -0.05) is 6.07 Å². The number of rotatable bonds is 6. The summed E-state index contributed by atoms with van der Waals surface area (Å²) in [6.45, 7) is 8.09. The summed E-state index contributed by atoms with van der Waals surface area (Å²) in [5.41, 5.74) is 0.965. The number of amides is 1. The van der Waals surface area contributed by atoms with Crippen LogP contribution >= 0.6 is 24.8 Å². The number of aromatic nitrogens is 1. The second-order valence-corrected chi connectivity index (χ2v) is 5.24. The van der Waals surface area contributed by atoms with Gasteiger partial charge in [0.1, 0.15) is 0 Å². The van der Waals surface area contributed by atoms with E-state index >= 15 is 0 Å². The van der Waals surface area contributed by atoms with Crippen molar-refractivity contribution in [1.29, 1.82) is 0 Å². The Morgan fingerprint density at radius 3 is 2.77 bits per heavy atom. The Labute approximate surface area is 145 Å². The third kappa shape index (κ3) is 6.92. The Balaban J connectivity index is 0.00000220. The van der Waals surface area contributed by atoms with Gasteiger partial charge in [-0.25, -0.2) is 0 Å². The van der Waals surface area contributed by atoms with Gasteiger partial charge in [0, 0.05) is 45.1 Å². The zero-order chi connectivity index (χ0) is 14.2. The summed E-state index contributed by atoms with van der Waals surface area (Å²) >= 11 is 0. The van der Waals surface area contributed by atoms with E-state index < -0.39 is 0 Å². The minimum absolute atomic E-state index is 0. The van der Waals surface area contributed by atoms with Gasteiger partial charge < -0.3 is 15.5 Å². The van der Waals surface area contributed by atoms with Crippen molar-refractivity contribution < 1.29 is 4.79 Å². The number of nitrogens with zero attached hydrogens (tertiary/aromatic N) is 2. The molecular weight excluding hydrogens is 323 g/mol. The second-order valence-electron chi connectivity index (χ2n) is 5.24. The highest BCUT2D eigenvalue weighted by molar-refractivity contribution is 5.85. The predicted octanol–water partition coefficient (Wildman–Crippen LogP) is 1.44. The molecule has 0 spiro atoms. The van der Waals surface area contributed by atoms with E-state index in [9.17, 15) is 4.79 Å². The molecule has 1 fully saturated rings. The van der Waals surface area contributed by atoms with Crippen molar-refractivity contribution in [3.63, 3.8) is 0 Å². The molecule has 1 aromatic heterocycles. The van der Waals surface area contributed by atoms with Gasteiger partial charge in [0.15, 0.2) is 0 Å². The third-order valence-corrected chi connectivity index (χ3v) is 3.74. The summed E-state index contributed by atoms with van der Waals surface area (Å²) in [7, 11) is 0. The highest BCUT2D eigenvalue weighted by Crippen LogP contribution is 2.12. The first-order valence-corrected chi connectivity index (χ1v) is 7.38. The van der Waals surface area contributed by atoms with Crippen LogP contribution in [-0.4, -0.2) is 55.1 Å². The van der Waals surface area contributed by atoms with Crippen molar-refractivity contribution in [2.24, 2.45) is 0 Å². The van der Waals surface area contributed by atoms with Crippen LogP contribution in [0.5, 0.6) is 0 Å². The SMILES string of the molecule is CC(C(=O)NCCCN1CCNCC1)c1cccnc1.Cl.Cl. The van der Waals surface area contributed by atoms with E-state index in [1.54, 1.807) is 12.4 Å². The fraction of sp³-hybridized carbons (Fsp3) is 0.600. The number of halogens is 2. The molecule has 7 heteroatoms. The molecule has 1 aromatic rings. The molecular formula is C15H26Cl2N4O. The van der Waals surface area contributed by atoms with Gasteiger partial charge in [0.2, 0.25) is 5.91 Å². The maximum Gasteiger partial charge on any atom is 0.227 e. The first kappa shape index (κ1) is 21.1.